The lowest BCUT2D eigenvalue weighted by molar-refractivity contribution is 0.505. The molecule has 0 atom stereocenters. The summed E-state index contributed by atoms with van der Waals surface area (Å²) in [6.07, 6.45) is 3.37. The van der Waals surface area contributed by atoms with Crippen molar-refractivity contribution >= 4 is 10.0 Å². The van der Waals surface area contributed by atoms with Crippen LogP contribution in [0, 0.1) is 6.92 Å². The molecule has 2 aromatic rings. The van der Waals surface area contributed by atoms with Gasteiger partial charge in [-0.1, -0.05) is 0 Å². The van der Waals surface area contributed by atoms with Crippen molar-refractivity contribution in [3.05, 3.63) is 36.2 Å². The number of hydrogen-bond acceptors (Lipinski definition) is 4. The van der Waals surface area contributed by atoms with Crippen molar-refractivity contribution in [2.45, 2.75) is 18.4 Å². The number of furan rings is 1. The number of rotatable bonds is 5. The quantitative estimate of drug-likeness (QED) is 0.828. The van der Waals surface area contributed by atoms with Crippen LogP contribution in [-0.2, 0) is 16.4 Å². The van der Waals surface area contributed by atoms with E-state index in [0.717, 1.165) is 5.76 Å². The molecule has 2 heterocycles. The lowest BCUT2D eigenvalue weighted by Gasteiger charge is -2.02. The summed E-state index contributed by atoms with van der Waals surface area (Å²) in [5.74, 6) is 1.31. The van der Waals surface area contributed by atoms with E-state index in [9.17, 15) is 8.42 Å². The Kier molecular flexibility index (Phi) is 3.30. The molecule has 0 aliphatic rings. The number of aryl methyl sites for hydroxylation is 1. The van der Waals surface area contributed by atoms with Gasteiger partial charge < -0.3 is 9.40 Å². The molecule has 0 amide bonds. The Morgan fingerprint density at radius 1 is 1.53 bits per heavy atom. The van der Waals surface area contributed by atoms with Crippen molar-refractivity contribution < 1.29 is 12.8 Å². The van der Waals surface area contributed by atoms with E-state index in [-0.39, 0.29) is 11.6 Å². The Morgan fingerprint density at radius 2 is 2.35 bits per heavy atom. The van der Waals surface area contributed by atoms with Gasteiger partial charge in [0.15, 0.2) is 5.03 Å². The van der Waals surface area contributed by atoms with Gasteiger partial charge in [-0.3, -0.25) is 0 Å². The number of hydrogen-bond donors (Lipinski definition) is 2. The minimum Gasteiger partial charge on any atom is -0.469 e. The predicted molar refractivity (Wildman–Crippen MR) is 60.9 cm³/mol. The molecule has 0 bridgehead atoms. The molecule has 92 valence electrons. The molecule has 2 rings (SSSR count). The summed E-state index contributed by atoms with van der Waals surface area (Å²) in [6, 6.07) is 3.57. The molecule has 0 aliphatic heterocycles. The highest BCUT2D eigenvalue weighted by Crippen LogP contribution is 2.05. The highest BCUT2D eigenvalue weighted by molar-refractivity contribution is 7.89. The zero-order chi connectivity index (χ0) is 12.3. The molecule has 2 N–H and O–H groups in total. The standard InChI is InChI=1S/C10H13N3O3S/c1-8-11-7-10(13-8)17(14,15)12-5-4-9-3-2-6-16-9/h2-3,6-7,12H,4-5H2,1H3,(H,11,13). The molecule has 0 spiro atoms. The van der Waals surface area contributed by atoms with Crippen LogP contribution >= 0.6 is 0 Å². The van der Waals surface area contributed by atoms with Gasteiger partial charge in [0.25, 0.3) is 10.0 Å². The van der Waals surface area contributed by atoms with E-state index in [2.05, 4.69) is 14.7 Å². The maximum absolute atomic E-state index is 11.8. The first kappa shape index (κ1) is 11.9. The van der Waals surface area contributed by atoms with E-state index in [4.69, 9.17) is 4.42 Å². The van der Waals surface area contributed by atoms with Gasteiger partial charge in [-0.2, -0.15) is 0 Å². The molecule has 17 heavy (non-hydrogen) atoms. The zero-order valence-corrected chi connectivity index (χ0v) is 10.1. The van der Waals surface area contributed by atoms with Gasteiger partial charge >= 0.3 is 0 Å². The Hall–Kier alpha value is -1.60. The van der Waals surface area contributed by atoms with E-state index in [1.165, 1.54) is 6.20 Å². The van der Waals surface area contributed by atoms with Crippen molar-refractivity contribution in [1.82, 2.24) is 14.7 Å². The molecular weight excluding hydrogens is 242 g/mol. The minimum atomic E-state index is -3.50. The minimum absolute atomic E-state index is 0.0782. The molecule has 6 nitrogen and oxygen atoms in total. The van der Waals surface area contributed by atoms with Gasteiger partial charge in [-0.05, 0) is 19.1 Å². The summed E-state index contributed by atoms with van der Waals surface area (Å²) >= 11 is 0. The highest BCUT2D eigenvalue weighted by Gasteiger charge is 2.15. The molecule has 0 fully saturated rings. The van der Waals surface area contributed by atoms with E-state index in [1.807, 2.05) is 0 Å². The van der Waals surface area contributed by atoms with Crippen LogP contribution in [0.5, 0.6) is 0 Å². The van der Waals surface area contributed by atoms with Gasteiger partial charge in [-0.25, -0.2) is 18.1 Å². The smallest absolute Gasteiger partial charge is 0.257 e. The van der Waals surface area contributed by atoms with Crippen molar-refractivity contribution in [2.75, 3.05) is 6.54 Å². The number of nitrogens with one attached hydrogen (secondary N) is 2. The summed E-state index contributed by atoms with van der Waals surface area (Å²) < 4.78 is 31.1. The van der Waals surface area contributed by atoms with Crippen LogP contribution in [0.25, 0.3) is 0 Å². The van der Waals surface area contributed by atoms with Gasteiger partial charge in [0.1, 0.15) is 11.6 Å². The first-order valence-corrected chi connectivity index (χ1v) is 6.60. The molecule has 2 aromatic heterocycles. The van der Waals surface area contributed by atoms with Crippen LogP contribution in [-0.4, -0.2) is 24.9 Å². The van der Waals surface area contributed by atoms with Gasteiger partial charge in [0.05, 0.1) is 12.5 Å². The van der Waals surface area contributed by atoms with E-state index in [0.29, 0.717) is 12.2 Å². The summed E-state index contributed by atoms with van der Waals surface area (Å²) in [6.45, 7) is 1.98. The second-order valence-corrected chi connectivity index (χ2v) is 5.30. The fourth-order valence-corrected chi connectivity index (χ4v) is 2.38. The number of sulfonamides is 1. The Labute approximate surface area is 99.1 Å². The van der Waals surface area contributed by atoms with Crippen LogP contribution in [0.3, 0.4) is 0 Å². The zero-order valence-electron chi connectivity index (χ0n) is 9.30. The molecule has 0 aliphatic carbocycles. The summed E-state index contributed by atoms with van der Waals surface area (Å²) in [7, 11) is -3.50. The molecule has 7 heteroatoms. The van der Waals surface area contributed by atoms with Gasteiger partial charge in [-0.15, -0.1) is 0 Å². The molecule has 0 saturated heterocycles. The van der Waals surface area contributed by atoms with E-state index < -0.39 is 10.0 Å². The Balaban J connectivity index is 1.94. The topological polar surface area (TPSA) is 88.0 Å². The average molecular weight is 255 g/mol. The highest BCUT2D eigenvalue weighted by atomic mass is 32.2. The van der Waals surface area contributed by atoms with Crippen LogP contribution < -0.4 is 4.72 Å². The van der Waals surface area contributed by atoms with Crippen molar-refractivity contribution in [3.8, 4) is 0 Å². The van der Waals surface area contributed by atoms with Crippen molar-refractivity contribution in [2.24, 2.45) is 0 Å². The Morgan fingerprint density at radius 3 is 2.94 bits per heavy atom. The molecular formula is C10H13N3O3S. The molecule has 0 radical (unpaired) electrons. The normalized spacial score (nSPS) is 11.8. The second-order valence-electron chi connectivity index (χ2n) is 3.56. The maximum atomic E-state index is 11.8. The third-order valence-electron chi connectivity index (χ3n) is 2.21. The number of H-pyrrole nitrogens is 1. The monoisotopic (exact) mass is 255 g/mol. The second kappa shape index (κ2) is 4.72. The van der Waals surface area contributed by atoms with Gasteiger partial charge in [0.2, 0.25) is 0 Å². The largest absolute Gasteiger partial charge is 0.469 e. The van der Waals surface area contributed by atoms with Crippen molar-refractivity contribution in [3.63, 3.8) is 0 Å². The predicted octanol–water partition coefficient (Wildman–Crippen LogP) is 0.832. The van der Waals surface area contributed by atoms with Crippen LogP contribution in [0.4, 0.5) is 0 Å². The SMILES string of the molecule is Cc1ncc(S(=O)(=O)NCCc2ccco2)[nH]1. The van der Waals surface area contributed by atoms with Crippen LogP contribution in [0.1, 0.15) is 11.6 Å². The first-order chi connectivity index (χ1) is 8.08. The van der Waals surface area contributed by atoms with E-state index in [1.54, 1.807) is 25.3 Å². The summed E-state index contributed by atoms with van der Waals surface area (Å²) in [5.41, 5.74) is 0. The van der Waals surface area contributed by atoms with Crippen LogP contribution in [0.2, 0.25) is 0 Å². The number of imidazole rings is 1. The lowest BCUT2D eigenvalue weighted by Crippen LogP contribution is -2.26. The van der Waals surface area contributed by atoms with Gasteiger partial charge in [0, 0.05) is 13.0 Å². The fourth-order valence-electron chi connectivity index (χ4n) is 1.38. The molecule has 0 saturated carbocycles. The average Bonchev–Trinajstić information content (AvgIpc) is 2.89. The third-order valence-corrected chi connectivity index (χ3v) is 3.58. The maximum Gasteiger partial charge on any atom is 0.257 e. The van der Waals surface area contributed by atoms with Crippen LogP contribution in [0.15, 0.2) is 34.0 Å². The first-order valence-electron chi connectivity index (χ1n) is 5.11. The lowest BCUT2D eigenvalue weighted by atomic mass is 10.3. The third kappa shape index (κ3) is 2.95. The molecule has 0 aromatic carbocycles. The summed E-state index contributed by atoms with van der Waals surface area (Å²) in [5, 5.41) is 0.0782. The van der Waals surface area contributed by atoms with Crippen molar-refractivity contribution in [1.29, 1.82) is 0 Å². The fraction of sp³-hybridized carbons (Fsp3) is 0.300. The Bertz CT molecular complexity index is 572. The number of aromatic amines is 1. The number of nitrogens with zero attached hydrogens (tertiary/aromatic N) is 1. The van der Waals surface area contributed by atoms with E-state index >= 15 is 0 Å². The molecule has 0 unspecified atom stereocenters. The summed E-state index contributed by atoms with van der Waals surface area (Å²) in [4.78, 5) is 6.52. The number of aromatic nitrogens is 2.